The number of carbonyl (C=O) groups is 1. The van der Waals surface area contributed by atoms with Crippen LogP contribution in [-0.4, -0.2) is 39.0 Å². The van der Waals surface area contributed by atoms with Crippen LogP contribution in [0.5, 0.6) is 0 Å². The molecule has 1 aromatic heterocycles. The van der Waals surface area contributed by atoms with Crippen LogP contribution in [0.3, 0.4) is 0 Å². The average molecular weight is 262 g/mol. The maximum atomic E-state index is 11.6. The molecule has 0 saturated heterocycles. The van der Waals surface area contributed by atoms with Crippen LogP contribution in [0.4, 0.5) is 0 Å². The van der Waals surface area contributed by atoms with E-state index in [1.165, 1.54) is 13.2 Å². The quantitative estimate of drug-likeness (QED) is 0.734. The smallest absolute Gasteiger partial charge is 0.338 e. The van der Waals surface area contributed by atoms with Crippen molar-refractivity contribution in [2.45, 2.75) is 12.2 Å². The fraction of sp³-hybridized carbons (Fsp3) is 0.500. The molecule has 0 amide bonds. The molecule has 6 nitrogen and oxygen atoms in total. The first kappa shape index (κ1) is 13.7. The zero-order valence-electron chi connectivity index (χ0n) is 9.38. The Balaban J connectivity index is 2.60. The number of carboxylic acid groups (broad SMARTS) is 1. The minimum Gasteiger partial charge on any atom is -0.478 e. The Hall–Kier alpha value is -1.34. The Morgan fingerprint density at radius 1 is 1.53 bits per heavy atom. The van der Waals surface area contributed by atoms with Crippen molar-refractivity contribution in [1.29, 1.82) is 0 Å². The van der Waals surface area contributed by atoms with Crippen LogP contribution in [0.2, 0.25) is 0 Å². The van der Waals surface area contributed by atoms with Gasteiger partial charge in [0.15, 0.2) is 9.84 Å². The third kappa shape index (κ3) is 4.58. The molecule has 0 unspecified atom stereocenters. The molecule has 7 heteroatoms. The summed E-state index contributed by atoms with van der Waals surface area (Å²) in [6.45, 7) is 0.373. The topological polar surface area (TPSA) is 93.8 Å². The number of ether oxygens (including phenoxy) is 1. The van der Waals surface area contributed by atoms with Crippen molar-refractivity contribution in [1.82, 2.24) is 0 Å². The molecule has 96 valence electrons. The average Bonchev–Trinajstić information content (AvgIpc) is 2.65. The molecule has 0 radical (unpaired) electrons. The van der Waals surface area contributed by atoms with E-state index in [0.717, 1.165) is 6.26 Å². The van der Waals surface area contributed by atoms with Gasteiger partial charge in [0.25, 0.3) is 0 Å². The molecule has 0 spiro atoms. The van der Waals surface area contributed by atoms with Crippen molar-refractivity contribution in [3.05, 3.63) is 23.7 Å². The van der Waals surface area contributed by atoms with Gasteiger partial charge in [-0.15, -0.1) is 0 Å². The predicted molar refractivity (Wildman–Crippen MR) is 59.7 cm³/mol. The Kier molecular flexibility index (Phi) is 4.71. The van der Waals surface area contributed by atoms with Gasteiger partial charge < -0.3 is 14.3 Å². The maximum Gasteiger partial charge on any atom is 0.338 e. The van der Waals surface area contributed by atoms with Crippen LogP contribution in [0, 0.1) is 0 Å². The van der Waals surface area contributed by atoms with E-state index in [4.69, 9.17) is 14.3 Å². The lowest BCUT2D eigenvalue weighted by Gasteiger charge is -2.01. The van der Waals surface area contributed by atoms with Crippen LogP contribution < -0.4 is 0 Å². The van der Waals surface area contributed by atoms with Gasteiger partial charge >= 0.3 is 5.97 Å². The molecule has 0 atom stereocenters. The normalized spacial score (nSPS) is 11.6. The van der Waals surface area contributed by atoms with E-state index in [1.807, 2.05) is 0 Å². The lowest BCUT2D eigenvalue weighted by molar-refractivity contribution is 0.0696. The van der Waals surface area contributed by atoms with Crippen LogP contribution in [-0.2, 0) is 20.3 Å². The number of rotatable bonds is 7. The van der Waals surface area contributed by atoms with Crippen molar-refractivity contribution < 1.29 is 27.5 Å². The van der Waals surface area contributed by atoms with Gasteiger partial charge in [-0.25, -0.2) is 13.2 Å². The van der Waals surface area contributed by atoms with Crippen molar-refractivity contribution in [3.63, 3.8) is 0 Å². The Morgan fingerprint density at radius 2 is 2.24 bits per heavy atom. The summed E-state index contributed by atoms with van der Waals surface area (Å²) in [7, 11) is -1.79. The standard InChI is InChI=1S/C10H14O6S/c1-15-3-2-4-17(13,14)7-9-5-8(6-16-9)10(11)12/h5-6H,2-4,7H2,1H3,(H,11,12). The lowest BCUT2D eigenvalue weighted by Crippen LogP contribution is -2.10. The predicted octanol–water partition coefficient (Wildman–Crippen LogP) is 0.929. The molecule has 0 bridgehead atoms. The molecule has 1 heterocycles. The number of furan rings is 1. The van der Waals surface area contributed by atoms with Crippen LogP contribution in [0.1, 0.15) is 22.5 Å². The molecule has 1 rings (SSSR count). The van der Waals surface area contributed by atoms with Gasteiger partial charge in [0, 0.05) is 13.7 Å². The zero-order chi connectivity index (χ0) is 12.9. The van der Waals surface area contributed by atoms with Crippen LogP contribution in [0.15, 0.2) is 16.7 Å². The number of hydrogen-bond acceptors (Lipinski definition) is 5. The molecule has 0 saturated carbocycles. The van der Waals surface area contributed by atoms with Gasteiger partial charge in [-0.3, -0.25) is 0 Å². The van der Waals surface area contributed by atoms with Crippen LogP contribution in [0.25, 0.3) is 0 Å². The summed E-state index contributed by atoms with van der Waals surface area (Å²) in [5.41, 5.74) is -0.0490. The summed E-state index contributed by atoms with van der Waals surface area (Å²) in [5, 5.41) is 8.64. The van der Waals surface area contributed by atoms with Crippen LogP contribution >= 0.6 is 0 Å². The van der Waals surface area contributed by atoms with E-state index in [2.05, 4.69) is 0 Å². The van der Waals surface area contributed by atoms with Gasteiger partial charge in [0.2, 0.25) is 0 Å². The Labute approximate surface area is 99.1 Å². The van der Waals surface area contributed by atoms with Crippen molar-refractivity contribution >= 4 is 15.8 Å². The third-order valence-corrected chi connectivity index (χ3v) is 3.70. The summed E-state index contributed by atoms with van der Waals surface area (Å²) in [4.78, 5) is 10.6. The van der Waals surface area contributed by atoms with E-state index < -0.39 is 15.8 Å². The number of hydrogen-bond donors (Lipinski definition) is 1. The minimum absolute atomic E-state index is 0.00998. The Bertz CT molecular complexity index is 473. The van der Waals surface area contributed by atoms with Gasteiger partial charge in [-0.1, -0.05) is 0 Å². The molecule has 0 aliphatic rings. The largest absolute Gasteiger partial charge is 0.478 e. The first-order chi connectivity index (χ1) is 7.94. The second kappa shape index (κ2) is 5.83. The Morgan fingerprint density at radius 3 is 2.76 bits per heavy atom. The third-order valence-electron chi connectivity index (χ3n) is 2.07. The van der Waals surface area contributed by atoms with E-state index in [9.17, 15) is 13.2 Å². The molecule has 0 aromatic carbocycles. The summed E-state index contributed by atoms with van der Waals surface area (Å²) in [6, 6.07) is 1.22. The summed E-state index contributed by atoms with van der Waals surface area (Å²) < 4.78 is 32.8. The fourth-order valence-electron chi connectivity index (χ4n) is 1.28. The lowest BCUT2D eigenvalue weighted by atomic mass is 10.3. The first-order valence-corrected chi connectivity index (χ1v) is 6.77. The summed E-state index contributed by atoms with van der Waals surface area (Å²) in [6.07, 6.45) is 1.44. The molecule has 1 aromatic rings. The molecular formula is C10H14O6S. The van der Waals surface area contributed by atoms with E-state index in [1.54, 1.807) is 0 Å². The second-order valence-corrected chi connectivity index (χ2v) is 5.73. The summed E-state index contributed by atoms with van der Waals surface area (Å²) in [5.74, 6) is -1.30. The zero-order valence-corrected chi connectivity index (χ0v) is 10.2. The van der Waals surface area contributed by atoms with Crippen molar-refractivity contribution in [2.75, 3.05) is 19.5 Å². The van der Waals surface area contributed by atoms with E-state index in [-0.39, 0.29) is 22.8 Å². The maximum absolute atomic E-state index is 11.6. The van der Waals surface area contributed by atoms with Gasteiger partial charge in [0.1, 0.15) is 17.8 Å². The molecule has 0 aliphatic carbocycles. The highest BCUT2D eigenvalue weighted by Gasteiger charge is 2.16. The number of sulfone groups is 1. The summed E-state index contributed by atoms with van der Waals surface area (Å²) >= 11 is 0. The van der Waals surface area contributed by atoms with E-state index >= 15 is 0 Å². The molecule has 1 N–H and O–H groups in total. The molecule has 0 fully saturated rings. The molecule has 0 aliphatic heterocycles. The van der Waals surface area contributed by atoms with Crippen molar-refractivity contribution in [3.8, 4) is 0 Å². The monoisotopic (exact) mass is 262 g/mol. The van der Waals surface area contributed by atoms with Gasteiger partial charge in [0.05, 0.1) is 11.3 Å². The van der Waals surface area contributed by atoms with E-state index in [0.29, 0.717) is 13.0 Å². The molecule has 17 heavy (non-hydrogen) atoms. The molecular weight excluding hydrogens is 248 g/mol. The first-order valence-electron chi connectivity index (χ1n) is 4.94. The number of methoxy groups -OCH3 is 1. The highest BCUT2D eigenvalue weighted by atomic mass is 32.2. The highest BCUT2D eigenvalue weighted by molar-refractivity contribution is 7.90. The fourth-order valence-corrected chi connectivity index (χ4v) is 2.57. The SMILES string of the molecule is COCCCS(=O)(=O)Cc1cc(C(=O)O)co1. The number of carboxylic acids is 1. The second-order valence-electron chi connectivity index (χ2n) is 3.55. The van der Waals surface area contributed by atoms with Crippen molar-refractivity contribution in [2.24, 2.45) is 0 Å². The van der Waals surface area contributed by atoms with Gasteiger partial charge in [-0.2, -0.15) is 0 Å². The highest BCUT2D eigenvalue weighted by Crippen LogP contribution is 2.12. The van der Waals surface area contributed by atoms with Gasteiger partial charge in [-0.05, 0) is 12.5 Å². The number of aromatic carboxylic acids is 1. The minimum atomic E-state index is -3.29.